The van der Waals surface area contributed by atoms with Gasteiger partial charge in [-0.25, -0.2) is 4.98 Å². The SMILES string of the molecule is N#Cc1cc(NCCCOc2ccccc2)nc2ccc([N+](=O)[O-])cc12. The number of rotatable bonds is 7. The Morgan fingerprint density at radius 2 is 2.00 bits per heavy atom. The summed E-state index contributed by atoms with van der Waals surface area (Å²) in [5.41, 5.74) is 0.828. The van der Waals surface area contributed by atoms with Gasteiger partial charge in [-0.2, -0.15) is 5.26 Å². The molecule has 0 bridgehead atoms. The van der Waals surface area contributed by atoms with Gasteiger partial charge < -0.3 is 10.1 Å². The number of pyridine rings is 1. The van der Waals surface area contributed by atoms with Crippen LogP contribution in [0.5, 0.6) is 5.75 Å². The van der Waals surface area contributed by atoms with Gasteiger partial charge in [0, 0.05) is 24.1 Å². The predicted octanol–water partition coefficient (Wildman–Crippen LogP) is 3.90. The number of para-hydroxylation sites is 1. The highest BCUT2D eigenvalue weighted by Crippen LogP contribution is 2.24. The molecule has 0 aliphatic rings. The predicted molar refractivity (Wildman–Crippen MR) is 98.2 cm³/mol. The number of benzene rings is 2. The van der Waals surface area contributed by atoms with E-state index >= 15 is 0 Å². The molecule has 1 N–H and O–H groups in total. The number of anilines is 1. The largest absolute Gasteiger partial charge is 0.494 e. The van der Waals surface area contributed by atoms with Crippen LogP contribution in [0.3, 0.4) is 0 Å². The van der Waals surface area contributed by atoms with Crippen LogP contribution in [0.4, 0.5) is 11.5 Å². The molecule has 0 fully saturated rings. The molecule has 3 aromatic rings. The van der Waals surface area contributed by atoms with Crippen molar-refractivity contribution in [3.8, 4) is 11.8 Å². The van der Waals surface area contributed by atoms with Crippen molar-refractivity contribution in [2.45, 2.75) is 6.42 Å². The van der Waals surface area contributed by atoms with E-state index < -0.39 is 4.92 Å². The van der Waals surface area contributed by atoms with Gasteiger partial charge in [-0.1, -0.05) is 18.2 Å². The Morgan fingerprint density at radius 1 is 1.19 bits per heavy atom. The number of nitrogens with one attached hydrogen (secondary N) is 1. The average Bonchev–Trinajstić information content (AvgIpc) is 2.67. The zero-order chi connectivity index (χ0) is 18.4. The molecule has 0 unspecified atom stereocenters. The number of non-ortho nitro benzene ring substituents is 1. The summed E-state index contributed by atoms with van der Waals surface area (Å²) in [5, 5.41) is 23.9. The van der Waals surface area contributed by atoms with Crippen molar-refractivity contribution in [2.75, 3.05) is 18.5 Å². The molecule has 0 atom stereocenters. The second-order valence-electron chi connectivity index (χ2n) is 5.57. The standard InChI is InChI=1S/C19H16N4O3/c20-13-14-11-19(21-9-4-10-26-16-5-2-1-3-6-16)22-18-8-7-15(23(24)25)12-17(14)18/h1-3,5-8,11-12H,4,9-10H2,(H,21,22). The number of hydrogen-bond acceptors (Lipinski definition) is 6. The average molecular weight is 348 g/mol. The molecule has 3 rings (SSSR count). The number of aromatic nitrogens is 1. The van der Waals surface area contributed by atoms with Crippen LogP contribution < -0.4 is 10.1 Å². The minimum Gasteiger partial charge on any atom is -0.494 e. The molecule has 130 valence electrons. The second kappa shape index (κ2) is 7.94. The van der Waals surface area contributed by atoms with E-state index in [9.17, 15) is 15.4 Å². The normalized spacial score (nSPS) is 10.3. The molecular weight excluding hydrogens is 332 g/mol. The third-order valence-corrected chi connectivity index (χ3v) is 3.76. The molecule has 26 heavy (non-hydrogen) atoms. The van der Waals surface area contributed by atoms with Crippen molar-refractivity contribution in [1.82, 2.24) is 4.98 Å². The van der Waals surface area contributed by atoms with Crippen LogP contribution in [-0.4, -0.2) is 23.1 Å². The quantitative estimate of drug-likeness (QED) is 0.395. The minimum absolute atomic E-state index is 0.0606. The molecule has 0 aliphatic heterocycles. The molecule has 0 saturated carbocycles. The van der Waals surface area contributed by atoms with Gasteiger partial charge in [-0.15, -0.1) is 0 Å². The van der Waals surface area contributed by atoms with Crippen LogP contribution in [0.15, 0.2) is 54.6 Å². The molecule has 0 saturated heterocycles. The highest BCUT2D eigenvalue weighted by molar-refractivity contribution is 5.88. The Kier molecular flexibility index (Phi) is 5.25. The monoisotopic (exact) mass is 348 g/mol. The Morgan fingerprint density at radius 3 is 2.73 bits per heavy atom. The molecule has 7 heteroatoms. The molecule has 7 nitrogen and oxygen atoms in total. The van der Waals surface area contributed by atoms with Gasteiger partial charge in [-0.05, 0) is 30.7 Å². The van der Waals surface area contributed by atoms with Crippen LogP contribution in [0.1, 0.15) is 12.0 Å². The summed E-state index contributed by atoms with van der Waals surface area (Å²) in [4.78, 5) is 14.8. The molecule has 0 radical (unpaired) electrons. The van der Waals surface area contributed by atoms with Crippen molar-refractivity contribution < 1.29 is 9.66 Å². The van der Waals surface area contributed by atoms with E-state index in [0.717, 1.165) is 12.2 Å². The lowest BCUT2D eigenvalue weighted by molar-refractivity contribution is -0.384. The lowest BCUT2D eigenvalue weighted by Gasteiger charge is -2.09. The van der Waals surface area contributed by atoms with Crippen molar-refractivity contribution >= 4 is 22.4 Å². The van der Waals surface area contributed by atoms with Crippen LogP contribution in [-0.2, 0) is 0 Å². The van der Waals surface area contributed by atoms with Crippen molar-refractivity contribution in [3.63, 3.8) is 0 Å². The second-order valence-corrected chi connectivity index (χ2v) is 5.57. The first-order valence-corrected chi connectivity index (χ1v) is 8.08. The summed E-state index contributed by atoms with van der Waals surface area (Å²) in [6, 6.07) is 17.5. The third kappa shape index (κ3) is 4.05. The van der Waals surface area contributed by atoms with Gasteiger partial charge in [0.05, 0.1) is 28.7 Å². The van der Waals surface area contributed by atoms with E-state index in [2.05, 4.69) is 16.4 Å². The Balaban J connectivity index is 1.64. The Bertz CT molecular complexity index is 968. The summed E-state index contributed by atoms with van der Waals surface area (Å²) < 4.78 is 5.62. The maximum absolute atomic E-state index is 10.9. The zero-order valence-corrected chi connectivity index (χ0v) is 13.9. The van der Waals surface area contributed by atoms with Gasteiger partial charge in [0.15, 0.2) is 0 Å². The summed E-state index contributed by atoms with van der Waals surface area (Å²) >= 11 is 0. The summed E-state index contributed by atoms with van der Waals surface area (Å²) in [7, 11) is 0. The number of nitro groups is 1. The van der Waals surface area contributed by atoms with Crippen molar-refractivity contribution in [1.29, 1.82) is 5.26 Å². The number of fused-ring (bicyclic) bond motifs is 1. The van der Waals surface area contributed by atoms with Crippen LogP contribution >= 0.6 is 0 Å². The molecule has 1 aromatic heterocycles. The lowest BCUT2D eigenvalue weighted by Crippen LogP contribution is -2.08. The highest BCUT2D eigenvalue weighted by atomic mass is 16.6. The fraction of sp³-hybridized carbons (Fsp3) is 0.158. The van der Waals surface area contributed by atoms with Gasteiger partial charge in [0.2, 0.25) is 0 Å². The number of ether oxygens (including phenoxy) is 1. The number of nitro benzene ring substituents is 1. The Hall–Kier alpha value is -3.66. The van der Waals surface area contributed by atoms with Crippen molar-refractivity contribution in [2.24, 2.45) is 0 Å². The van der Waals surface area contributed by atoms with E-state index in [4.69, 9.17) is 4.74 Å². The van der Waals surface area contributed by atoms with Crippen molar-refractivity contribution in [3.05, 3.63) is 70.3 Å². The molecule has 1 heterocycles. The van der Waals surface area contributed by atoms with E-state index in [0.29, 0.717) is 35.4 Å². The fourth-order valence-corrected chi connectivity index (χ4v) is 2.51. The maximum atomic E-state index is 10.9. The van der Waals surface area contributed by atoms with Gasteiger partial charge in [-0.3, -0.25) is 10.1 Å². The zero-order valence-electron chi connectivity index (χ0n) is 13.9. The molecular formula is C19H16N4O3. The van der Waals surface area contributed by atoms with Crippen LogP contribution in [0, 0.1) is 21.4 Å². The van der Waals surface area contributed by atoms with Gasteiger partial charge >= 0.3 is 0 Å². The smallest absolute Gasteiger partial charge is 0.270 e. The highest BCUT2D eigenvalue weighted by Gasteiger charge is 2.11. The van der Waals surface area contributed by atoms with Crippen LogP contribution in [0.2, 0.25) is 0 Å². The number of nitriles is 1. The van der Waals surface area contributed by atoms with E-state index in [1.165, 1.54) is 12.1 Å². The first kappa shape index (κ1) is 17.2. The molecule has 0 spiro atoms. The fourth-order valence-electron chi connectivity index (χ4n) is 2.51. The van der Waals surface area contributed by atoms with Crippen LogP contribution in [0.25, 0.3) is 10.9 Å². The van der Waals surface area contributed by atoms with E-state index in [1.807, 2.05) is 30.3 Å². The molecule has 0 aliphatic carbocycles. The first-order valence-electron chi connectivity index (χ1n) is 8.08. The molecule has 0 amide bonds. The minimum atomic E-state index is -0.487. The number of hydrogen-bond donors (Lipinski definition) is 1. The summed E-state index contributed by atoms with van der Waals surface area (Å²) in [6.45, 7) is 1.19. The Labute approximate surface area is 150 Å². The number of nitrogens with zero attached hydrogens (tertiary/aromatic N) is 3. The van der Waals surface area contributed by atoms with Gasteiger partial charge in [0.1, 0.15) is 11.6 Å². The summed E-state index contributed by atoms with van der Waals surface area (Å²) in [6.07, 6.45) is 0.761. The lowest BCUT2D eigenvalue weighted by atomic mass is 10.1. The van der Waals surface area contributed by atoms with E-state index in [1.54, 1.807) is 12.1 Å². The molecule has 2 aromatic carbocycles. The van der Waals surface area contributed by atoms with Gasteiger partial charge in [0.25, 0.3) is 5.69 Å². The maximum Gasteiger partial charge on any atom is 0.270 e. The summed E-state index contributed by atoms with van der Waals surface area (Å²) in [5.74, 6) is 1.38. The van der Waals surface area contributed by atoms with E-state index in [-0.39, 0.29) is 5.69 Å². The topological polar surface area (TPSA) is 101 Å². The first-order chi connectivity index (χ1) is 12.7. The third-order valence-electron chi connectivity index (χ3n) is 3.76.